The Kier molecular flexibility index (Phi) is 4.99. The Hall–Kier alpha value is -2.81. The van der Waals surface area contributed by atoms with E-state index in [-0.39, 0.29) is 23.6 Å². The van der Waals surface area contributed by atoms with Crippen molar-refractivity contribution in [2.75, 3.05) is 13.7 Å². The first kappa shape index (κ1) is 18.0. The number of benzene rings is 1. The minimum absolute atomic E-state index is 0.0899. The Labute approximate surface area is 155 Å². The Bertz CT molecular complexity index is 1070. The van der Waals surface area contributed by atoms with Gasteiger partial charge in [0.25, 0.3) is 0 Å². The molecule has 0 bridgehead atoms. The fourth-order valence-corrected chi connectivity index (χ4v) is 2.98. The molecule has 0 spiro atoms. The summed E-state index contributed by atoms with van der Waals surface area (Å²) in [6.07, 6.45) is 1.33. The number of carbonyl (C=O) groups is 1. The van der Waals surface area contributed by atoms with Crippen LogP contribution in [0.25, 0.3) is 16.6 Å². The molecule has 134 valence electrons. The van der Waals surface area contributed by atoms with Gasteiger partial charge in [-0.25, -0.2) is 18.9 Å². The number of ether oxygens (including phenoxy) is 2. The molecule has 3 aromatic rings. The number of hydrogen-bond acceptors (Lipinski definition) is 6. The summed E-state index contributed by atoms with van der Waals surface area (Å²) in [4.78, 5) is 28.7. The molecule has 0 aliphatic rings. The van der Waals surface area contributed by atoms with Crippen LogP contribution in [-0.2, 0) is 4.74 Å². The Morgan fingerprint density at radius 1 is 1.38 bits per heavy atom. The molecule has 9 heteroatoms. The molecule has 3 rings (SSSR count). The number of halogens is 2. The van der Waals surface area contributed by atoms with Crippen molar-refractivity contribution in [1.82, 2.24) is 14.8 Å². The number of esters is 1. The summed E-state index contributed by atoms with van der Waals surface area (Å²) in [5.74, 6) is -1.73. The number of methoxy groups -OCH3 is 1. The summed E-state index contributed by atoms with van der Waals surface area (Å²) >= 11 is 3.31. The van der Waals surface area contributed by atoms with Crippen LogP contribution in [0.15, 0.2) is 39.7 Å². The summed E-state index contributed by atoms with van der Waals surface area (Å²) < 4.78 is 25.5. The van der Waals surface area contributed by atoms with Gasteiger partial charge < -0.3 is 9.47 Å². The predicted molar refractivity (Wildman–Crippen MR) is 95.3 cm³/mol. The second kappa shape index (κ2) is 7.20. The highest BCUT2D eigenvalue weighted by Gasteiger charge is 2.21. The van der Waals surface area contributed by atoms with Crippen LogP contribution in [-0.4, -0.2) is 34.5 Å². The number of carbonyl (C=O) groups excluding carboxylic acids is 1. The maximum absolute atomic E-state index is 14.1. The van der Waals surface area contributed by atoms with E-state index < -0.39 is 22.9 Å². The quantitative estimate of drug-likeness (QED) is 0.602. The zero-order chi connectivity index (χ0) is 18.8. The van der Waals surface area contributed by atoms with Crippen molar-refractivity contribution in [1.29, 1.82) is 0 Å². The van der Waals surface area contributed by atoms with Gasteiger partial charge in [0.05, 0.1) is 36.5 Å². The fraction of sp³-hybridized carbons (Fsp3) is 0.176. The van der Waals surface area contributed by atoms with Crippen LogP contribution in [0.3, 0.4) is 0 Å². The summed E-state index contributed by atoms with van der Waals surface area (Å²) in [5.41, 5.74) is -0.382. The van der Waals surface area contributed by atoms with Crippen LogP contribution in [0.5, 0.6) is 5.88 Å². The van der Waals surface area contributed by atoms with Crippen LogP contribution in [0.4, 0.5) is 4.39 Å². The molecule has 0 unspecified atom stereocenters. The third kappa shape index (κ3) is 3.05. The van der Waals surface area contributed by atoms with Crippen LogP contribution >= 0.6 is 15.9 Å². The average Bonchev–Trinajstić information content (AvgIpc) is 2.62. The highest BCUT2D eigenvalue weighted by atomic mass is 79.9. The molecule has 0 saturated heterocycles. The van der Waals surface area contributed by atoms with E-state index in [0.717, 1.165) is 6.07 Å². The van der Waals surface area contributed by atoms with Gasteiger partial charge in [0.15, 0.2) is 5.82 Å². The third-order valence-electron chi connectivity index (χ3n) is 3.56. The standard InChI is InChI=1S/C17H13BrFN3O4/c1-3-26-17(24)14-15(23)13-10(18)5-4-6-12(13)22(21-14)9-7-11(19)16(25-2)20-8-9/h4-8H,3H2,1-2H3. The smallest absolute Gasteiger partial charge is 0.362 e. The van der Waals surface area contributed by atoms with E-state index in [1.807, 2.05) is 0 Å². The van der Waals surface area contributed by atoms with Crippen molar-refractivity contribution in [2.24, 2.45) is 0 Å². The number of nitrogens with zero attached hydrogens (tertiary/aromatic N) is 3. The first-order valence-corrected chi connectivity index (χ1v) is 8.35. The Balaban J connectivity index is 2.36. The van der Waals surface area contributed by atoms with Crippen LogP contribution in [0, 0.1) is 5.82 Å². The first-order valence-electron chi connectivity index (χ1n) is 7.56. The lowest BCUT2D eigenvalue weighted by atomic mass is 10.2. The van der Waals surface area contributed by atoms with Gasteiger partial charge in [-0.05, 0) is 35.0 Å². The van der Waals surface area contributed by atoms with E-state index in [2.05, 4.69) is 26.0 Å². The molecule has 0 amide bonds. The molecule has 0 fully saturated rings. The topological polar surface area (TPSA) is 83.3 Å². The summed E-state index contributed by atoms with van der Waals surface area (Å²) in [5, 5.41) is 4.31. The SMILES string of the molecule is CCOC(=O)c1nn(-c2cnc(OC)c(F)c2)c2cccc(Br)c2c1=O. The Morgan fingerprint density at radius 2 is 2.15 bits per heavy atom. The lowest BCUT2D eigenvalue weighted by Gasteiger charge is -2.13. The zero-order valence-corrected chi connectivity index (χ0v) is 15.4. The summed E-state index contributed by atoms with van der Waals surface area (Å²) in [6, 6.07) is 6.14. The lowest BCUT2D eigenvalue weighted by Crippen LogP contribution is -2.24. The van der Waals surface area contributed by atoms with Crippen LogP contribution < -0.4 is 10.2 Å². The van der Waals surface area contributed by atoms with Gasteiger partial charge in [-0.15, -0.1) is 0 Å². The van der Waals surface area contributed by atoms with Crippen LogP contribution in [0.2, 0.25) is 0 Å². The predicted octanol–water partition coefficient (Wildman–Crippen LogP) is 2.87. The minimum Gasteiger partial charge on any atom is -0.479 e. The number of aromatic nitrogens is 3. The number of hydrogen-bond donors (Lipinski definition) is 0. The van der Waals surface area contributed by atoms with Gasteiger partial charge >= 0.3 is 5.97 Å². The van der Waals surface area contributed by atoms with Crippen LogP contribution in [0.1, 0.15) is 17.4 Å². The van der Waals surface area contributed by atoms with E-state index in [1.165, 1.54) is 18.0 Å². The summed E-state index contributed by atoms with van der Waals surface area (Å²) in [6.45, 7) is 1.71. The van der Waals surface area contributed by atoms with Crippen molar-refractivity contribution in [3.63, 3.8) is 0 Å². The Morgan fingerprint density at radius 3 is 2.81 bits per heavy atom. The summed E-state index contributed by atoms with van der Waals surface area (Å²) in [7, 11) is 1.30. The van der Waals surface area contributed by atoms with Crippen molar-refractivity contribution >= 4 is 32.8 Å². The molecule has 0 aliphatic carbocycles. The molecule has 1 aromatic carbocycles. The molecular weight excluding hydrogens is 409 g/mol. The number of pyridine rings is 1. The maximum Gasteiger partial charge on any atom is 0.362 e. The zero-order valence-electron chi connectivity index (χ0n) is 13.8. The first-order chi connectivity index (χ1) is 12.5. The average molecular weight is 422 g/mol. The van der Waals surface area contributed by atoms with Gasteiger partial charge in [-0.1, -0.05) is 6.07 Å². The molecule has 2 aromatic heterocycles. The second-order valence-corrected chi connectivity index (χ2v) is 5.98. The van der Waals surface area contributed by atoms with E-state index in [1.54, 1.807) is 25.1 Å². The molecular formula is C17H13BrFN3O4. The van der Waals surface area contributed by atoms with Gasteiger partial charge in [-0.3, -0.25) is 4.79 Å². The molecule has 7 nitrogen and oxygen atoms in total. The monoisotopic (exact) mass is 421 g/mol. The van der Waals surface area contributed by atoms with E-state index in [4.69, 9.17) is 9.47 Å². The number of rotatable bonds is 4. The number of fused-ring (bicyclic) bond motifs is 1. The van der Waals surface area contributed by atoms with Gasteiger partial charge in [-0.2, -0.15) is 5.10 Å². The molecule has 0 atom stereocenters. The molecule has 2 heterocycles. The van der Waals surface area contributed by atoms with Gasteiger partial charge in [0.1, 0.15) is 0 Å². The highest BCUT2D eigenvalue weighted by Crippen LogP contribution is 2.24. The molecule has 0 radical (unpaired) electrons. The van der Waals surface area contributed by atoms with Gasteiger partial charge in [0, 0.05) is 10.5 Å². The van der Waals surface area contributed by atoms with E-state index >= 15 is 0 Å². The maximum atomic E-state index is 14.1. The van der Waals surface area contributed by atoms with Gasteiger partial charge in [0.2, 0.25) is 17.0 Å². The lowest BCUT2D eigenvalue weighted by molar-refractivity contribution is 0.0516. The van der Waals surface area contributed by atoms with Crippen molar-refractivity contribution in [3.8, 4) is 11.6 Å². The van der Waals surface area contributed by atoms with Crippen molar-refractivity contribution < 1.29 is 18.7 Å². The third-order valence-corrected chi connectivity index (χ3v) is 4.22. The van der Waals surface area contributed by atoms with Crippen molar-refractivity contribution in [2.45, 2.75) is 6.92 Å². The van der Waals surface area contributed by atoms with E-state index in [0.29, 0.717) is 9.99 Å². The largest absolute Gasteiger partial charge is 0.479 e. The highest BCUT2D eigenvalue weighted by molar-refractivity contribution is 9.10. The molecule has 26 heavy (non-hydrogen) atoms. The fourth-order valence-electron chi connectivity index (χ4n) is 2.44. The molecule has 0 N–H and O–H groups in total. The van der Waals surface area contributed by atoms with E-state index in [9.17, 15) is 14.0 Å². The molecule has 0 saturated carbocycles. The molecule has 0 aliphatic heterocycles. The van der Waals surface area contributed by atoms with Crippen molar-refractivity contribution in [3.05, 3.63) is 56.7 Å². The normalized spacial score (nSPS) is 10.8. The second-order valence-electron chi connectivity index (χ2n) is 5.13. The minimum atomic E-state index is -0.856.